The molecule has 1 atom stereocenters. The van der Waals surface area contributed by atoms with Gasteiger partial charge in [-0.05, 0) is 30.4 Å². The van der Waals surface area contributed by atoms with Crippen molar-refractivity contribution in [3.63, 3.8) is 0 Å². The molecule has 2 heterocycles. The lowest BCUT2D eigenvalue weighted by Gasteiger charge is -2.41. The SMILES string of the molecule is CN1N=C(C(=O)N2CCN([C@H]3CCc4ccccc4C3)CC2)CCC1=O. The third-order valence-corrected chi connectivity index (χ3v) is 5.89. The molecular formula is C20H26N4O2. The zero-order chi connectivity index (χ0) is 18.1. The Morgan fingerprint density at radius 3 is 2.50 bits per heavy atom. The van der Waals surface area contributed by atoms with Crippen molar-refractivity contribution in [3.8, 4) is 0 Å². The van der Waals surface area contributed by atoms with Crippen LogP contribution in [-0.2, 0) is 22.4 Å². The number of amides is 2. The number of aryl methyl sites for hydroxylation is 1. The molecule has 1 aromatic rings. The summed E-state index contributed by atoms with van der Waals surface area (Å²) in [7, 11) is 1.62. The fourth-order valence-corrected chi connectivity index (χ4v) is 4.29. The van der Waals surface area contributed by atoms with Crippen molar-refractivity contribution in [2.24, 2.45) is 5.10 Å². The summed E-state index contributed by atoms with van der Waals surface area (Å²) < 4.78 is 0. The molecule has 6 nitrogen and oxygen atoms in total. The van der Waals surface area contributed by atoms with E-state index >= 15 is 0 Å². The fourth-order valence-electron chi connectivity index (χ4n) is 4.29. The third kappa shape index (κ3) is 3.38. The maximum atomic E-state index is 12.7. The molecule has 0 bridgehead atoms. The van der Waals surface area contributed by atoms with Gasteiger partial charge in [0.15, 0.2) is 0 Å². The van der Waals surface area contributed by atoms with Gasteiger partial charge in [0.25, 0.3) is 5.91 Å². The van der Waals surface area contributed by atoms with Gasteiger partial charge in [0, 0.05) is 52.1 Å². The number of nitrogens with zero attached hydrogens (tertiary/aromatic N) is 4. The Bertz CT molecular complexity index is 737. The molecule has 1 fully saturated rings. The van der Waals surface area contributed by atoms with Crippen molar-refractivity contribution < 1.29 is 9.59 Å². The molecule has 4 rings (SSSR count). The molecule has 2 aliphatic heterocycles. The molecule has 1 aromatic carbocycles. The van der Waals surface area contributed by atoms with Crippen molar-refractivity contribution in [1.82, 2.24) is 14.8 Å². The maximum absolute atomic E-state index is 12.7. The Morgan fingerprint density at radius 2 is 1.77 bits per heavy atom. The summed E-state index contributed by atoms with van der Waals surface area (Å²) in [6.45, 7) is 3.32. The number of carbonyl (C=O) groups is 2. The number of fused-ring (bicyclic) bond motifs is 1. The number of piperazine rings is 1. The number of hydrogen-bond acceptors (Lipinski definition) is 4. The minimum atomic E-state index is -0.0241. The summed E-state index contributed by atoms with van der Waals surface area (Å²) in [6, 6.07) is 9.33. The van der Waals surface area contributed by atoms with Crippen LogP contribution in [0, 0.1) is 0 Å². The van der Waals surface area contributed by atoms with Crippen molar-refractivity contribution >= 4 is 17.5 Å². The number of hydrogen-bond donors (Lipinski definition) is 0. The molecule has 0 N–H and O–H groups in total. The summed E-state index contributed by atoms with van der Waals surface area (Å²) in [5.74, 6) is -0.0260. The van der Waals surface area contributed by atoms with Crippen LogP contribution in [0.15, 0.2) is 29.4 Å². The molecular weight excluding hydrogens is 328 g/mol. The van der Waals surface area contributed by atoms with E-state index in [1.54, 1.807) is 7.05 Å². The molecule has 0 unspecified atom stereocenters. The monoisotopic (exact) mass is 354 g/mol. The molecule has 6 heteroatoms. The van der Waals surface area contributed by atoms with Gasteiger partial charge >= 0.3 is 0 Å². The molecule has 0 spiro atoms. The van der Waals surface area contributed by atoms with Crippen LogP contribution in [-0.4, -0.2) is 71.6 Å². The Labute approximate surface area is 154 Å². The first-order valence-corrected chi connectivity index (χ1v) is 9.56. The van der Waals surface area contributed by atoms with Gasteiger partial charge < -0.3 is 4.90 Å². The first-order valence-electron chi connectivity index (χ1n) is 9.56. The number of hydrazone groups is 1. The lowest BCUT2D eigenvalue weighted by Crippen LogP contribution is -2.54. The molecule has 2 amide bonds. The van der Waals surface area contributed by atoms with E-state index in [4.69, 9.17) is 0 Å². The minimum absolute atomic E-state index is 0.00186. The first kappa shape index (κ1) is 17.2. The van der Waals surface area contributed by atoms with Gasteiger partial charge in [-0.15, -0.1) is 0 Å². The topological polar surface area (TPSA) is 56.2 Å². The first-order chi connectivity index (χ1) is 12.6. The van der Waals surface area contributed by atoms with Crippen LogP contribution in [0.1, 0.15) is 30.4 Å². The fraction of sp³-hybridized carbons (Fsp3) is 0.550. The molecule has 0 radical (unpaired) electrons. The highest BCUT2D eigenvalue weighted by Gasteiger charge is 2.31. The van der Waals surface area contributed by atoms with Crippen LogP contribution in [0.2, 0.25) is 0 Å². The Kier molecular flexibility index (Phi) is 4.76. The van der Waals surface area contributed by atoms with Crippen LogP contribution < -0.4 is 0 Å². The zero-order valence-corrected chi connectivity index (χ0v) is 15.4. The third-order valence-electron chi connectivity index (χ3n) is 5.89. The van der Waals surface area contributed by atoms with E-state index in [9.17, 15) is 9.59 Å². The van der Waals surface area contributed by atoms with E-state index < -0.39 is 0 Å². The van der Waals surface area contributed by atoms with Crippen LogP contribution in [0.4, 0.5) is 0 Å². The van der Waals surface area contributed by atoms with Crippen LogP contribution in [0.5, 0.6) is 0 Å². The van der Waals surface area contributed by atoms with Gasteiger partial charge in [-0.3, -0.25) is 14.5 Å². The highest BCUT2D eigenvalue weighted by molar-refractivity contribution is 6.39. The van der Waals surface area contributed by atoms with Gasteiger partial charge in [0.2, 0.25) is 5.91 Å². The van der Waals surface area contributed by atoms with E-state index in [1.165, 1.54) is 22.6 Å². The largest absolute Gasteiger partial charge is 0.335 e. The molecule has 26 heavy (non-hydrogen) atoms. The molecule has 0 aromatic heterocycles. The summed E-state index contributed by atoms with van der Waals surface area (Å²) in [5, 5.41) is 5.47. The second-order valence-electron chi connectivity index (χ2n) is 7.46. The normalized spacial score (nSPS) is 24.3. The number of benzene rings is 1. The lowest BCUT2D eigenvalue weighted by atomic mass is 9.87. The lowest BCUT2D eigenvalue weighted by molar-refractivity contribution is -0.131. The summed E-state index contributed by atoms with van der Waals surface area (Å²) in [6.07, 6.45) is 4.30. The standard InChI is InChI=1S/C20H26N4O2/c1-22-19(25)9-8-18(21-22)20(26)24-12-10-23(11-13-24)17-7-6-15-4-2-3-5-16(15)14-17/h2-5,17H,6-14H2,1H3/t17-/m0/s1. The van der Waals surface area contributed by atoms with E-state index in [1.807, 2.05) is 4.90 Å². The second-order valence-corrected chi connectivity index (χ2v) is 7.46. The van der Waals surface area contributed by atoms with Crippen LogP contribution in [0.25, 0.3) is 0 Å². The minimum Gasteiger partial charge on any atom is -0.335 e. The average Bonchev–Trinajstić information content (AvgIpc) is 2.69. The van der Waals surface area contributed by atoms with Gasteiger partial charge in [-0.25, -0.2) is 5.01 Å². The van der Waals surface area contributed by atoms with E-state index in [2.05, 4.69) is 34.3 Å². The van der Waals surface area contributed by atoms with Crippen molar-refractivity contribution in [1.29, 1.82) is 0 Å². The molecule has 1 saturated heterocycles. The second kappa shape index (κ2) is 7.19. The average molecular weight is 354 g/mol. The Balaban J connectivity index is 1.34. The van der Waals surface area contributed by atoms with Crippen LogP contribution in [0.3, 0.4) is 0 Å². The Hall–Kier alpha value is -2.21. The predicted molar refractivity (Wildman–Crippen MR) is 99.8 cm³/mol. The maximum Gasteiger partial charge on any atom is 0.270 e. The highest BCUT2D eigenvalue weighted by atomic mass is 16.2. The Morgan fingerprint density at radius 1 is 1.04 bits per heavy atom. The van der Waals surface area contributed by atoms with E-state index in [0.29, 0.717) is 24.6 Å². The van der Waals surface area contributed by atoms with E-state index in [-0.39, 0.29) is 11.8 Å². The molecule has 0 saturated carbocycles. The van der Waals surface area contributed by atoms with Gasteiger partial charge in [-0.2, -0.15) is 5.10 Å². The van der Waals surface area contributed by atoms with Crippen LogP contribution >= 0.6 is 0 Å². The number of rotatable bonds is 2. The van der Waals surface area contributed by atoms with Gasteiger partial charge in [-0.1, -0.05) is 24.3 Å². The van der Waals surface area contributed by atoms with E-state index in [0.717, 1.165) is 39.0 Å². The molecule has 138 valence electrons. The number of carbonyl (C=O) groups excluding carboxylic acids is 2. The highest BCUT2D eigenvalue weighted by Crippen LogP contribution is 2.25. The summed E-state index contributed by atoms with van der Waals surface area (Å²) >= 11 is 0. The quantitative estimate of drug-likeness (QED) is 0.804. The van der Waals surface area contributed by atoms with Gasteiger partial charge in [0.05, 0.1) is 0 Å². The predicted octanol–water partition coefficient (Wildman–Crippen LogP) is 1.30. The smallest absolute Gasteiger partial charge is 0.270 e. The van der Waals surface area contributed by atoms with Crippen molar-refractivity contribution in [2.45, 2.75) is 38.1 Å². The summed E-state index contributed by atoms with van der Waals surface area (Å²) in [4.78, 5) is 28.7. The summed E-state index contributed by atoms with van der Waals surface area (Å²) in [5.41, 5.74) is 3.49. The zero-order valence-electron chi connectivity index (χ0n) is 15.4. The molecule has 1 aliphatic carbocycles. The van der Waals surface area contributed by atoms with Crippen molar-refractivity contribution in [2.75, 3.05) is 33.2 Å². The van der Waals surface area contributed by atoms with Gasteiger partial charge in [0.1, 0.15) is 5.71 Å². The molecule has 3 aliphatic rings. The van der Waals surface area contributed by atoms with Crippen molar-refractivity contribution in [3.05, 3.63) is 35.4 Å².